The number of nitrogens with one attached hydrogen (secondary N) is 2. The van der Waals surface area contributed by atoms with Crippen molar-refractivity contribution < 1.29 is 31.2 Å². The van der Waals surface area contributed by atoms with Gasteiger partial charge in [0.2, 0.25) is 15.9 Å². The molecule has 0 aliphatic carbocycles. The standard InChI is InChI=1S/C18H24N4O7S2/c1-29-14-2-4-15(5-3-14)31(27,28)20-10-9-19-18(24)16-6-7-17(23)22(21-16)13-8-11-30(25,26)12-13/h2-5,13,20H,6-12H2,1H3,(H,19,24). The fraction of sp³-hybridized carbons (Fsp3) is 0.500. The zero-order valence-electron chi connectivity index (χ0n) is 16.9. The normalized spacial score (nSPS) is 20.9. The van der Waals surface area contributed by atoms with E-state index in [0.29, 0.717) is 12.2 Å². The Morgan fingerprint density at radius 2 is 1.94 bits per heavy atom. The lowest BCUT2D eigenvalue weighted by molar-refractivity contribution is -0.133. The summed E-state index contributed by atoms with van der Waals surface area (Å²) in [5.74, 6) is -0.480. The third-order valence-corrected chi connectivity index (χ3v) is 8.18. The second-order valence-corrected chi connectivity index (χ2v) is 11.2. The molecule has 1 saturated heterocycles. The Hall–Kier alpha value is -2.51. The molecule has 1 unspecified atom stereocenters. The molecule has 13 heteroatoms. The van der Waals surface area contributed by atoms with Gasteiger partial charge < -0.3 is 10.1 Å². The van der Waals surface area contributed by atoms with Gasteiger partial charge in [-0.3, -0.25) is 9.59 Å². The number of hydrogen-bond donors (Lipinski definition) is 2. The first-order valence-corrected chi connectivity index (χ1v) is 12.9. The first kappa shape index (κ1) is 23.2. The third kappa shape index (κ3) is 5.80. The molecule has 0 spiro atoms. The van der Waals surface area contributed by atoms with Gasteiger partial charge in [-0.2, -0.15) is 5.10 Å². The molecule has 1 fully saturated rings. The first-order valence-electron chi connectivity index (χ1n) is 9.63. The van der Waals surface area contributed by atoms with Crippen LogP contribution in [0, 0.1) is 0 Å². The zero-order valence-corrected chi connectivity index (χ0v) is 18.5. The average molecular weight is 473 g/mol. The Bertz CT molecular complexity index is 1080. The van der Waals surface area contributed by atoms with E-state index in [9.17, 15) is 26.4 Å². The van der Waals surface area contributed by atoms with Crippen LogP contribution in [0.4, 0.5) is 0 Å². The molecule has 2 aliphatic heterocycles. The Balaban J connectivity index is 1.53. The van der Waals surface area contributed by atoms with Crippen molar-refractivity contribution >= 4 is 37.4 Å². The van der Waals surface area contributed by atoms with E-state index in [4.69, 9.17) is 4.74 Å². The molecule has 1 aromatic carbocycles. The molecule has 170 valence electrons. The van der Waals surface area contributed by atoms with Crippen molar-refractivity contribution in [1.82, 2.24) is 15.0 Å². The predicted molar refractivity (Wildman–Crippen MR) is 112 cm³/mol. The molecule has 11 nitrogen and oxygen atoms in total. The third-order valence-electron chi connectivity index (χ3n) is 4.95. The van der Waals surface area contributed by atoms with Gasteiger partial charge >= 0.3 is 0 Å². The minimum absolute atomic E-state index is 0.00711. The molecule has 3 rings (SSSR count). The molecule has 2 heterocycles. The highest BCUT2D eigenvalue weighted by Crippen LogP contribution is 2.22. The van der Waals surface area contributed by atoms with Crippen LogP contribution in [-0.2, 0) is 29.4 Å². The van der Waals surface area contributed by atoms with Crippen LogP contribution in [-0.4, -0.2) is 77.1 Å². The SMILES string of the molecule is COc1ccc(S(=O)(=O)NCCNC(=O)C2=NN(C3CCS(=O)(=O)C3)C(=O)CC2)cc1. The van der Waals surface area contributed by atoms with Crippen LogP contribution in [0.15, 0.2) is 34.3 Å². The van der Waals surface area contributed by atoms with Gasteiger partial charge in [-0.05, 0) is 30.7 Å². The summed E-state index contributed by atoms with van der Waals surface area (Å²) in [5.41, 5.74) is 0.113. The quantitative estimate of drug-likeness (QED) is 0.473. The van der Waals surface area contributed by atoms with E-state index in [1.54, 1.807) is 0 Å². The van der Waals surface area contributed by atoms with E-state index >= 15 is 0 Å². The maximum atomic E-state index is 12.4. The summed E-state index contributed by atoms with van der Waals surface area (Å²) in [7, 11) is -5.47. The van der Waals surface area contributed by atoms with Gasteiger partial charge in [-0.15, -0.1) is 0 Å². The van der Waals surface area contributed by atoms with Crippen molar-refractivity contribution in [2.75, 3.05) is 31.7 Å². The van der Waals surface area contributed by atoms with Gasteiger partial charge in [0.05, 0.1) is 29.6 Å². The number of methoxy groups -OCH3 is 1. The smallest absolute Gasteiger partial charge is 0.267 e. The average Bonchev–Trinajstić information content (AvgIpc) is 3.11. The van der Waals surface area contributed by atoms with Crippen molar-refractivity contribution in [2.24, 2.45) is 5.10 Å². The van der Waals surface area contributed by atoms with Crippen LogP contribution < -0.4 is 14.8 Å². The maximum Gasteiger partial charge on any atom is 0.267 e. The number of hydrogen-bond acceptors (Lipinski definition) is 8. The van der Waals surface area contributed by atoms with Crippen LogP contribution in [0.1, 0.15) is 19.3 Å². The van der Waals surface area contributed by atoms with Crippen LogP contribution >= 0.6 is 0 Å². The number of rotatable bonds is 8. The second kappa shape index (κ2) is 9.32. The summed E-state index contributed by atoms with van der Waals surface area (Å²) in [6.45, 7) is -0.0319. The molecule has 1 atom stereocenters. The van der Waals surface area contributed by atoms with Crippen LogP contribution in [0.3, 0.4) is 0 Å². The number of carbonyl (C=O) groups is 2. The number of nitrogens with zero attached hydrogens (tertiary/aromatic N) is 2. The van der Waals surface area contributed by atoms with E-state index < -0.39 is 31.8 Å². The maximum absolute atomic E-state index is 12.4. The summed E-state index contributed by atoms with van der Waals surface area (Å²) in [5, 5.41) is 7.75. The molecule has 2 N–H and O–H groups in total. The van der Waals surface area contributed by atoms with Gasteiger partial charge in [0.25, 0.3) is 5.91 Å². The fourth-order valence-electron chi connectivity index (χ4n) is 3.29. The molecule has 0 saturated carbocycles. The zero-order chi connectivity index (χ0) is 22.6. The number of hydrazone groups is 1. The van der Waals surface area contributed by atoms with Gasteiger partial charge in [0, 0.05) is 25.9 Å². The van der Waals surface area contributed by atoms with Gasteiger partial charge in [0.15, 0.2) is 9.84 Å². The van der Waals surface area contributed by atoms with Crippen molar-refractivity contribution in [3.63, 3.8) is 0 Å². The Kier molecular flexibility index (Phi) is 6.96. The lowest BCUT2D eigenvalue weighted by atomic mass is 10.1. The van der Waals surface area contributed by atoms with Crippen LogP contribution in [0.25, 0.3) is 0 Å². The van der Waals surface area contributed by atoms with E-state index in [0.717, 1.165) is 5.01 Å². The minimum atomic E-state index is -3.74. The summed E-state index contributed by atoms with van der Waals surface area (Å²) in [6, 6.07) is 5.31. The monoisotopic (exact) mass is 472 g/mol. The highest BCUT2D eigenvalue weighted by Gasteiger charge is 2.37. The predicted octanol–water partition coefficient (Wildman–Crippen LogP) is -0.745. The fourth-order valence-corrected chi connectivity index (χ4v) is 6.01. The number of sulfonamides is 1. The summed E-state index contributed by atoms with van der Waals surface area (Å²) in [4.78, 5) is 24.5. The molecule has 0 radical (unpaired) electrons. The van der Waals surface area contributed by atoms with Crippen LogP contribution in [0.5, 0.6) is 5.75 Å². The van der Waals surface area contributed by atoms with E-state index in [1.807, 2.05) is 0 Å². The Morgan fingerprint density at radius 1 is 1.23 bits per heavy atom. The van der Waals surface area contributed by atoms with Crippen molar-refractivity contribution in [3.05, 3.63) is 24.3 Å². The molecule has 2 amide bonds. The van der Waals surface area contributed by atoms with Crippen molar-refractivity contribution in [3.8, 4) is 5.75 Å². The number of amides is 2. The molecule has 1 aromatic rings. The summed E-state index contributed by atoms with van der Waals surface area (Å²) < 4.78 is 55.3. The number of sulfone groups is 1. The van der Waals surface area contributed by atoms with Crippen molar-refractivity contribution in [1.29, 1.82) is 0 Å². The van der Waals surface area contributed by atoms with E-state index in [1.165, 1.54) is 31.4 Å². The minimum Gasteiger partial charge on any atom is -0.497 e. The van der Waals surface area contributed by atoms with E-state index in [2.05, 4.69) is 15.1 Å². The molecular weight excluding hydrogens is 448 g/mol. The van der Waals surface area contributed by atoms with Crippen molar-refractivity contribution in [2.45, 2.75) is 30.2 Å². The number of benzene rings is 1. The summed E-state index contributed by atoms with van der Waals surface area (Å²) >= 11 is 0. The molecular formula is C18H24N4O7S2. The largest absolute Gasteiger partial charge is 0.497 e. The Morgan fingerprint density at radius 3 is 2.55 bits per heavy atom. The molecule has 2 aliphatic rings. The topological polar surface area (TPSA) is 151 Å². The van der Waals surface area contributed by atoms with Gasteiger partial charge in [-0.25, -0.2) is 26.6 Å². The molecule has 0 aromatic heterocycles. The molecule has 0 bridgehead atoms. The van der Waals surface area contributed by atoms with E-state index in [-0.39, 0.29) is 54.0 Å². The lowest BCUT2D eigenvalue weighted by Crippen LogP contribution is -2.44. The number of carbonyl (C=O) groups excluding carboxylic acids is 2. The second-order valence-electron chi connectivity index (χ2n) is 7.17. The number of ether oxygens (including phenoxy) is 1. The highest BCUT2D eigenvalue weighted by molar-refractivity contribution is 7.91. The van der Waals surface area contributed by atoms with Crippen LogP contribution in [0.2, 0.25) is 0 Å². The highest BCUT2D eigenvalue weighted by atomic mass is 32.2. The lowest BCUT2D eigenvalue weighted by Gasteiger charge is -2.27. The molecule has 31 heavy (non-hydrogen) atoms. The first-order chi connectivity index (χ1) is 14.6. The van der Waals surface area contributed by atoms with Gasteiger partial charge in [0.1, 0.15) is 11.5 Å². The Labute approximate surface area is 180 Å². The summed E-state index contributed by atoms with van der Waals surface area (Å²) in [6.07, 6.45) is 0.491. The van der Waals surface area contributed by atoms with Gasteiger partial charge in [-0.1, -0.05) is 0 Å².